The Kier molecular flexibility index (Phi) is 26.1. The van der Waals surface area contributed by atoms with Gasteiger partial charge in [0.15, 0.2) is 0 Å². The molecule has 1 fully saturated rings. The highest BCUT2D eigenvalue weighted by Gasteiger charge is 2.28. The first kappa shape index (κ1) is 51.1. The van der Waals surface area contributed by atoms with E-state index in [0.29, 0.717) is 64.2 Å². The number of imide groups is 4. The Balaban J connectivity index is 2.52. The van der Waals surface area contributed by atoms with E-state index in [1.54, 1.807) is 0 Å². The summed E-state index contributed by atoms with van der Waals surface area (Å²) in [4.78, 5) is 136. The van der Waals surface area contributed by atoms with Crippen molar-refractivity contribution in [1.29, 1.82) is 0 Å². The number of hydrogen-bond donors (Lipinski definition) is 2. The van der Waals surface area contributed by atoms with Crippen LogP contribution >= 0.6 is 0 Å². The number of esters is 3. The topological polar surface area (TPSA) is 252 Å². The van der Waals surface area contributed by atoms with Crippen LogP contribution in [0.4, 0.5) is 9.59 Å². The zero-order valence-electron chi connectivity index (χ0n) is 33.9. The first-order valence-corrected chi connectivity index (χ1v) is 19.7. The van der Waals surface area contributed by atoms with E-state index in [1.807, 2.05) is 0 Å². The summed E-state index contributed by atoms with van der Waals surface area (Å²) < 4.78 is 15.5. The Labute approximate surface area is 343 Å². The Morgan fingerprint density at radius 1 is 0.610 bits per heavy atom. The number of nitrogens with zero attached hydrogens (tertiary/aromatic N) is 4. The summed E-state index contributed by atoms with van der Waals surface area (Å²) in [6, 6.07) is -1.77. The number of unbranched alkanes of at least 4 members (excludes halogenated alkanes) is 6. The van der Waals surface area contributed by atoms with Gasteiger partial charge in [0.2, 0.25) is 24.1 Å². The van der Waals surface area contributed by atoms with Crippen molar-refractivity contribution in [3.63, 3.8) is 0 Å². The molecule has 20 nitrogen and oxygen atoms in total. The molecule has 0 saturated carbocycles. The summed E-state index contributed by atoms with van der Waals surface area (Å²) in [5, 5.41) is 4.92. The summed E-state index contributed by atoms with van der Waals surface area (Å²) >= 11 is 0. The highest BCUT2D eigenvalue weighted by Crippen LogP contribution is 2.13. The number of carbonyl (C=O) groups is 11. The highest BCUT2D eigenvalue weighted by molar-refractivity contribution is 6.02. The fraction of sp³-hybridized carbons (Fsp3) is 0.615. The fourth-order valence-electron chi connectivity index (χ4n) is 5.50. The molecule has 0 aromatic rings. The summed E-state index contributed by atoms with van der Waals surface area (Å²) in [5.74, 6) is -3.49. The minimum Gasteiger partial charge on any atom is -0.464 e. The van der Waals surface area contributed by atoms with Gasteiger partial charge in [-0.15, -0.1) is 0 Å². The first-order chi connectivity index (χ1) is 28.2. The Morgan fingerprint density at radius 2 is 1.07 bits per heavy atom. The first-order valence-electron chi connectivity index (χ1n) is 19.7. The summed E-state index contributed by atoms with van der Waals surface area (Å²) in [6.07, 6.45) is 7.51. The summed E-state index contributed by atoms with van der Waals surface area (Å²) in [7, 11) is 0. The number of ether oxygens (including phenoxy) is 3. The van der Waals surface area contributed by atoms with Gasteiger partial charge in [0.1, 0.15) is 19.8 Å². The molecule has 0 aliphatic carbocycles. The molecule has 1 aliphatic heterocycles. The number of rotatable bonds is 30. The number of likely N-dealkylation sites (tertiary alicyclic amines) is 1. The van der Waals surface area contributed by atoms with Crippen LogP contribution < -0.4 is 10.6 Å². The van der Waals surface area contributed by atoms with Crippen LogP contribution in [-0.4, -0.2) is 145 Å². The van der Waals surface area contributed by atoms with E-state index in [4.69, 9.17) is 14.2 Å². The van der Waals surface area contributed by atoms with E-state index < -0.39 is 47.7 Å². The maximum atomic E-state index is 13.0. The molecule has 0 aromatic heterocycles. The minimum absolute atomic E-state index is 0.0367. The van der Waals surface area contributed by atoms with Crippen LogP contribution in [0.1, 0.15) is 96.8 Å². The molecule has 20 heteroatoms. The third-order valence-electron chi connectivity index (χ3n) is 8.72. The second kappa shape index (κ2) is 30.2. The standard InChI is InChI=1S/C39H58N6O14/c1-4-31(48)42(29-46)22-12-6-9-15-35(52)57-26-20-40-38(55)45(25-28-59-37(54)17-11-8-14-24-44-33(50)18-19-34(44)51)39(56)41-21-27-58-36(53)16-10-7-13-23-43(30(3)47)32(49)5-2/h4-5,29H,1-2,6-28H2,3H3,(H,40,55)(H,41,56). The van der Waals surface area contributed by atoms with E-state index in [2.05, 4.69) is 23.8 Å². The molecule has 2 N–H and O–H groups in total. The minimum atomic E-state index is -0.885. The third kappa shape index (κ3) is 22.0. The molecule has 0 radical (unpaired) electrons. The molecule has 0 unspecified atom stereocenters. The Bertz CT molecular complexity index is 1490. The van der Waals surface area contributed by atoms with E-state index in [1.165, 1.54) is 11.8 Å². The molecular formula is C39H58N6O14. The summed E-state index contributed by atoms with van der Waals surface area (Å²) in [6.45, 7) is 7.22. The smallest absolute Gasteiger partial charge is 0.325 e. The van der Waals surface area contributed by atoms with Crippen LogP contribution in [0.3, 0.4) is 0 Å². The zero-order valence-corrected chi connectivity index (χ0v) is 33.9. The fourth-order valence-corrected chi connectivity index (χ4v) is 5.50. The monoisotopic (exact) mass is 834 g/mol. The number of urea groups is 2. The van der Waals surface area contributed by atoms with Gasteiger partial charge in [-0.1, -0.05) is 32.4 Å². The van der Waals surface area contributed by atoms with Crippen LogP contribution in [0.15, 0.2) is 25.3 Å². The molecule has 1 heterocycles. The van der Waals surface area contributed by atoms with Crippen LogP contribution in [0.2, 0.25) is 0 Å². The Hall–Kier alpha value is -5.95. The number of hydrogen-bond acceptors (Lipinski definition) is 14. The number of nitrogens with one attached hydrogen (secondary N) is 2. The average Bonchev–Trinajstić information content (AvgIpc) is 3.53. The maximum Gasteiger partial charge on any atom is 0.325 e. The van der Waals surface area contributed by atoms with Crippen molar-refractivity contribution in [3.05, 3.63) is 25.3 Å². The molecule has 59 heavy (non-hydrogen) atoms. The molecule has 0 atom stereocenters. The molecule has 1 saturated heterocycles. The van der Waals surface area contributed by atoms with Gasteiger partial charge in [-0.2, -0.15) is 0 Å². The SMILES string of the molecule is C=CC(=O)N(C=O)CCCCCC(=O)OCCNC(=O)N(CCOC(=O)CCCCCN1C(=O)CCC1=O)C(=O)NCCOC(=O)CCCCCN(C(C)=O)C(=O)C=C. The van der Waals surface area contributed by atoms with E-state index in [-0.39, 0.29) is 103 Å². The largest absolute Gasteiger partial charge is 0.464 e. The van der Waals surface area contributed by atoms with Crippen molar-refractivity contribution >= 4 is 65.9 Å². The lowest BCUT2D eigenvalue weighted by molar-refractivity contribution is -0.144. The molecule has 0 spiro atoms. The molecular weight excluding hydrogens is 776 g/mol. The number of amides is 10. The van der Waals surface area contributed by atoms with Crippen molar-refractivity contribution in [2.45, 2.75) is 96.8 Å². The van der Waals surface area contributed by atoms with Crippen molar-refractivity contribution in [3.8, 4) is 0 Å². The van der Waals surface area contributed by atoms with Crippen LogP contribution in [0.25, 0.3) is 0 Å². The second-order valence-corrected chi connectivity index (χ2v) is 13.2. The van der Waals surface area contributed by atoms with Gasteiger partial charge in [-0.3, -0.25) is 57.9 Å². The van der Waals surface area contributed by atoms with E-state index in [9.17, 15) is 52.7 Å². The molecule has 10 amide bonds. The molecule has 0 bridgehead atoms. The van der Waals surface area contributed by atoms with Crippen LogP contribution in [0, 0.1) is 0 Å². The normalized spacial score (nSPS) is 11.8. The second-order valence-electron chi connectivity index (χ2n) is 13.2. The molecule has 328 valence electrons. The van der Waals surface area contributed by atoms with Crippen molar-refractivity contribution in [2.24, 2.45) is 0 Å². The van der Waals surface area contributed by atoms with Crippen molar-refractivity contribution < 1.29 is 67.0 Å². The lowest BCUT2D eigenvalue weighted by Gasteiger charge is -2.22. The van der Waals surface area contributed by atoms with Gasteiger partial charge in [0.25, 0.3) is 11.8 Å². The molecule has 1 aliphatic rings. The predicted octanol–water partition coefficient (Wildman–Crippen LogP) is 1.90. The zero-order chi connectivity index (χ0) is 44.0. The van der Waals surface area contributed by atoms with Gasteiger partial charge in [0.05, 0.1) is 19.6 Å². The Morgan fingerprint density at radius 3 is 1.53 bits per heavy atom. The average molecular weight is 835 g/mol. The molecule has 0 aromatic carbocycles. The third-order valence-corrected chi connectivity index (χ3v) is 8.72. The van der Waals surface area contributed by atoms with E-state index >= 15 is 0 Å². The van der Waals surface area contributed by atoms with Crippen molar-refractivity contribution in [2.75, 3.05) is 59.1 Å². The van der Waals surface area contributed by atoms with Gasteiger partial charge in [0, 0.05) is 58.7 Å². The van der Waals surface area contributed by atoms with Crippen molar-refractivity contribution in [1.82, 2.24) is 30.2 Å². The van der Waals surface area contributed by atoms with Gasteiger partial charge >= 0.3 is 30.0 Å². The van der Waals surface area contributed by atoms with Crippen LogP contribution in [0.5, 0.6) is 0 Å². The maximum absolute atomic E-state index is 13.0. The van der Waals surface area contributed by atoms with Gasteiger partial charge in [-0.25, -0.2) is 14.5 Å². The van der Waals surface area contributed by atoms with Gasteiger partial charge < -0.3 is 24.8 Å². The van der Waals surface area contributed by atoms with E-state index in [0.717, 1.165) is 26.9 Å². The highest BCUT2D eigenvalue weighted by atomic mass is 16.5. The predicted molar refractivity (Wildman–Crippen MR) is 208 cm³/mol. The lowest BCUT2D eigenvalue weighted by Crippen LogP contribution is -2.51. The molecule has 1 rings (SSSR count). The lowest BCUT2D eigenvalue weighted by atomic mass is 10.2. The van der Waals surface area contributed by atoms with Crippen LogP contribution in [-0.2, 0) is 57.4 Å². The number of carbonyl (C=O) groups excluding carboxylic acids is 11. The van der Waals surface area contributed by atoms with Gasteiger partial charge in [-0.05, 0) is 50.7 Å². The quantitative estimate of drug-likeness (QED) is 0.0262. The summed E-state index contributed by atoms with van der Waals surface area (Å²) in [5.41, 5.74) is 0.